The number of aromatic nitrogens is 3. The van der Waals surface area contributed by atoms with Crippen molar-refractivity contribution >= 4 is 41.3 Å². The van der Waals surface area contributed by atoms with Crippen LogP contribution in [-0.2, 0) is 30.5 Å². The lowest BCUT2D eigenvalue weighted by Crippen LogP contribution is -2.45. The van der Waals surface area contributed by atoms with Gasteiger partial charge < -0.3 is 46.0 Å². The second-order valence-corrected chi connectivity index (χ2v) is 13.8. The Morgan fingerprint density at radius 3 is 2.20 bits per heavy atom. The molecule has 1 aliphatic heterocycles. The Labute approximate surface area is 291 Å². The largest absolute Gasteiger partial charge is 0.481 e. The molecule has 0 aromatic carbocycles. The topological polar surface area (TPSA) is 254 Å². The average molecular weight is 718 g/mol. The van der Waals surface area contributed by atoms with Crippen LogP contribution >= 0.6 is 11.8 Å². The summed E-state index contributed by atoms with van der Waals surface area (Å²) in [6, 6.07) is -1.03. The van der Waals surface area contributed by atoms with Gasteiger partial charge in [0.2, 0.25) is 11.8 Å². The van der Waals surface area contributed by atoms with Crippen LogP contribution in [-0.4, -0.2) is 118 Å². The summed E-state index contributed by atoms with van der Waals surface area (Å²) in [5.74, 6) is -4.40. The molecule has 8 N–H and O–H groups in total. The zero-order valence-electron chi connectivity index (χ0n) is 28.6. The third-order valence-electron chi connectivity index (χ3n) is 8.69. The monoisotopic (exact) mass is 717 g/mol. The molecule has 1 aliphatic rings. The van der Waals surface area contributed by atoms with Gasteiger partial charge >= 0.3 is 11.9 Å². The fourth-order valence-corrected chi connectivity index (χ4v) is 7.05. The molecule has 2 heterocycles. The third kappa shape index (κ3) is 14.1. The molecule has 2 rings (SSSR count). The Hall–Kier alpha value is -2.83. The third-order valence-corrected chi connectivity index (χ3v) is 9.92. The van der Waals surface area contributed by atoms with E-state index < -0.39 is 72.3 Å². The predicted molar refractivity (Wildman–Crippen MR) is 180 cm³/mol. The zero-order chi connectivity index (χ0) is 36.5. The smallest absolute Gasteiger partial charge is 0.306 e. The highest BCUT2D eigenvalue weighted by Crippen LogP contribution is 2.31. The van der Waals surface area contributed by atoms with Gasteiger partial charge in [-0.25, -0.2) is 4.68 Å². The SMILES string of the molecule is CCCCCC(=O)N[C@H](CSCC(C[C@@H](CCCC)C(=O)O)C(CCCC)C(=O)O)C(=O)Nc1cn(C[C@H](O)C2OC(O)[C@@H](O)[C@@H]2O)nn1. The molecule has 49 heavy (non-hydrogen) atoms. The maximum atomic E-state index is 13.4. The van der Waals surface area contributed by atoms with E-state index >= 15 is 0 Å². The minimum Gasteiger partial charge on any atom is -0.481 e. The van der Waals surface area contributed by atoms with Crippen LogP contribution in [0.3, 0.4) is 0 Å². The number of hydrogen-bond acceptors (Lipinski definition) is 12. The fraction of sp³-hybridized carbons (Fsp3) is 0.812. The van der Waals surface area contributed by atoms with Crippen LogP contribution < -0.4 is 10.6 Å². The normalized spacial score (nSPS) is 22.2. The number of rotatable bonds is 25. The van der Waals surface area contributed by atoms with E-state index in [1.807, 2.05) is 20.8 Å². The van der Waals surface area contributed by atoms with Crippen LogP contribution in [0.1, 0.15) is 91.4 Å². The molecule has 0 aliphatic carbocycles. The van der Waals surface area contributed by atoms with Crippen molar-refractivity contribution in [3.63, 3.8) is 0 Å². The fourth-order valence-electron chi connectivity index (χ4n) is 5.77. The van der Waals surface area contributed by atoms with Crippen LogP contribution in [0, 0.1) is 17.8 Å². The summed E-state index contributed by atoms with van der Waals surface area (Å²) in [5.41, 5.74) is 0. The Morgan fingerprint density at radius 2 is 1.61 bits per heavy atom. The Balaban J connectivity index is 2.16. The number of carbonyl (C=O) groups excluding carboxylic acids is 2. The van der Waals surface area contributed by atoms with E-state index in [0.29, 0.717) is 32.1 Å². The highest BCUT2D eigenvalue weighted by Gasteiger charge is 2.45. The first-order valence-electron chi connectivity index (χ1n) is 17.2. The van der Waals surface area contributed by atoms with Crippen molar-refractivity contribution in [1.82, 2.24) is 20.3 Å². The standard InChI is InChI=1S/C32H55N5O11S/c1-4-7-10-13-25(39)33-22(18-49-17-20(21(31(45)46)12-9-6-3)14-19(30(43)44)11-8-5-2)29(42)34-24-16-37(36-35-24)15-23(38)28-26(40)27(41)32(47)48-28/h16,19-23,26-28,32,38,40-41,47H,4-15,17-18H2,1-3H3,(H,33,39)(H,34,42)(H,43,44)(H,45,46)/t19-,20?,21?,22-,23+,26+,27+,28?,32?/m1/s1. The first kappa shape index (κ1) is 42.3. The highest BCUT2D eigenvalue weighted by molar-refractivity contribution is 7.99. The molecule has 1 fully saturated rings. The van der Waals surface area contributed by atoms with Crippen molar-refractivity contribution < 1.29 is 54.6 Å². The number of anilines is 1. The van der Waals surface area contributed by atoms with Crippen molar-refractivity contribution in [2.75, 3.05) is 16.8 Å². The molecule has 2 amide bonds. The lowest BCUT2D eigenvalue weighted by atomic mass is 9.81. The molecule has 0 spiro atoms. The summed E-state index contributed by atoms with van der Waals surface area (Å²) < 4.78 is 6.19. The quantitative estimate of drug-likeness (QED) is 0.0669. The van der Waals surface area contributed by atoms with Gasteiger partial charge in [-0.2, -0.15) is 11.8 Å². The first-order valence-corrected chi connectivity index (χ1v) is 18.4. The van der Waals surface area contributed by atoms with Crippen LogP contribution in [0.5, 0.6) is 0 Å². The van der Waals surface area contributed by atoms with Gasteiger partial charge in [-0.15, -0.1) is 5.10 Å². The van der Waals surface area contributed by atoms with Crippen molar-refractivity contribution in [3.8, 4) is 0 Å². The number of aliphatic hydroxyl groups is 4. The molecule has 4 unspecified atom stereocenters. The average Bonchev–Trinajstić information content (AvgIpc) is 3.60. The molecular formula is C32H55N5O11S. The van der Waals surface area contributed by atoms with E-state index in [1.54, 1.807) is 0 Å². The van der Waals surface area contributed by atoms with Gasteiger partial charge in [0.15, 0.2) is 12.1 Å². The molecular weight excluding hydrogens is 662 g/mol. The van der Waals surface area contributed by atoms with Gasteiger partial charge in [-0.05, 0) is 37.4 Å². The van der Waals surface area contributed by atoms with Crippen LogP contribution in [0.4, 0.5) is 5.82 Å². The number of aliphatic hydroxyl groups excluding tert-OH is 4. The van der Waals surface area contributed by atoms with Crippen molar-refractivity contribution in [3.05, 3.63) is 6.20 Å². The number of aliphatic carboxylic acids is 2. The molecule has 0 radical (unpaired) electrons. The summed E-state index contributed by atoms with van der Waals surface area (Å²) >= 11 is 1.28. The van der Waals surface area contributed by atoms with Crippen molar-refractivity contribution in [2.45, 2.75) is 135 Å². The highest BCUT2D eigenvalue weighted by atomic mass is 32.2. The molecule has 1 aromatic rings. The van der Waals surface area contributed by atoms with E-state index in [4.69, 9.17) is 4.74 Å². The van der Waals surface area contributed by atoms with Gasteiger partial charge in [0, 0.05) is 12.2 Å². The second kappa shape index (κ2) is 22.1. The summed E-state index contributed by atoms with van der Waals surface area (Å²) in [6.45, 7) is 5.68. The van der Waals surface area contributed by atoms with E-state index in [2.05, 4.69) is 20.9 Å². The molecule has 9 atom stereocenters. The number of nitrogens with one attached hydrogen (secondary N) is 2. The molecule has 0 saturated carbocycles. The Morgan fingerprint density at radius 1 is 0.939 bits per heavy atom. The number of ether oxygens (including phenoxy) is 1. The molecule has 16 nitrogen and oxygen atoms in total. The number of carboxylic acid groups (broad SMARTS) is 2. The number of thioether (sulfide) groups is 1. The Bertz CT molecular complexity index is 1170. The molecule has 17 heteroatoms. The molecule has 1 saturated heterocycles. The number of hydrogen-bond donors (Lipinski definition) is 8. The first-order chi connectivity index (χ1) is 23.3. The van der Waals surface area contributed by atoms with Gasteiger partial charge in [-0.1, -0.05) is 64.5 Å². The van der Waals surface area contributed by atoms with Gasteiger partial charge in [-0.3, -0.25) is 19.2 Å². The number of carbonyl (C=O) groups is 4. The minimum atomic E-state index is -1.66. The lowest BCUT2D eigenvalue weighted by molar-refractivity contribution is -0.147. The van der Waals surface area contributed by atoms with E-state index in [0.717, 1.165) is 25.7 Å². The lowest BCUT2D eigenvalue weighted by Gasteiger charge is -2.27. The Kier molecular flexibility index (Phi) is 19.1. The number of carboxylic acids is 2. The maximum absolute atomic E-state index is 13.4. The summed E-state index contributed by atoms with van der Waals surface area (Å²) in [7, 11) is 0. The number of unbranched alkanes of at least 4 members (excludes halogenated alkanes) is 4. The van der Waals surface area contributed by atoms with Crippen molar-refractivity contribution in [2.24, 2.45) is 17.8 Å². The maximum Gasteiger partial charge on any atom is 0.306 e. The van der Waals surface area contributed by atoms with E-state index in [1.165, 1.54) is 22.6 Å². The molecule has 0 bridgehead atoms. The van der Waals surface area contributed by atoms with Crippen molar-refractivity contribution in [1.29, 1.82) is 0 Å². The summed E-state index contributed by atoms with van der Waals surface area (Å²) in [5, 5.41) is 72.8. The van der Waals surface area contributed by atoms with Crippen LogP contribution in [0.15, 0.2) is 6.20 Å². The van der Waals surface area contributed by atoms with Gasteiger partial charge in [0.05, 0.1) is 24.6 Å². The van der Waals surface area contributed by atoms with Crippen LogP contribution in [0.2, 0.25) is 0 Å². The molecule has 280 valence electrons. The number of nitrogens with zero attached hydrogens (tertiary/aromatic N) is 3. The predicted octanol–water partition coefficient (Wildman–Crippen LogP) is 1.60. The summed E-state index contributed by atoms with van der Waals surface area (Å²) in [4.78, 5) is 50.6. The van der Waals surface area contributed by atoms with E-state index in [-0.39, 0.29) is 42.6 Å². The van der Waals surface area contributed by atoms with Gasteiger partial charge in [0.1, 0.15) is 30.5 Å². The van der Waals surface area contributed by atoms with Gasteiger partial charge in [0.25, 0.3) is 0 Å². The second-order valence-electron chi connectivity index (χ2n) is 12.7. The molecule has 1 aromatic heterocycles. The minimum absolute atomic E-state index is 0.00370. The number of amides is 2. The zero-order valence-corrected chi connectivity index (χ0v) is 29.5. The van der Waals surface area contributed by atoms with E-state index in [9.17, 15) is 49.8 Å². The summed E-state index contributed by atoms with van der Waals surface area (Å²) in [6.07, 6.45) is 0.509. The van der Waals surface area contributed by atoms with Crippen LogP contribution in [0.25, 0.3) is 0 Å².